The fraction of sp³-hybridized carbons (Fsp3) is 0.818. The lowest BCUT2D eigenvalue weighted by Crippen LogP contribution is -2.47. The number of aliphatic hydroxyl groups excluding tert-OH is 1. The first kappa shape index (κ1) is 13.8. The molecule has 6 nitrogen and oxygen atoms in total. The van der Waals surface area contributed by atoms with Gasteiger partial charge >= 0.3 is 12.0 Å². The number of aliphatic carboxylic acids is 1. The predicted octanol–water partition coefficient (Wildman–Crippen LogP) is 0.262. The highest BCUT2D eigenvalue weighted by Gasteiger charge is 2.34. The molecule has 0 aromatic rings. The van der Waals surface area contributed by atoms with E-state index in [1.54, 1.807) is 14.0 Å². The summed E-state index contributed by atoms with van der Waals surface area (Å²) in [5.74, 6) is -1.34. The van der Waals surface area contributed by atoms with Crippen molar-refractivity contribution in [3.8, 4) is 0 Å². The Morgan fingerprint density at radius 2 is 2.12 bits per heavy atom. The van der Waals surface area contributed by atoms with E-state index in [4.69, 9.17) is 10.2 Å². The highest BCUT2D eigenvalue weighted by atomic mass is 16.4. The molecule has 0 radical (unpaired) electrons. The molecule has 1 fully saturated rings. The molecular weight excluding hydrogens is 224 g/mol. The molecule has 0 aromatic carbocycles. The Labute approximate surface area is 101 Å². The molecule has 0 bridgehead atoms. The van der Waals surface area contributed by atoms with Gasteiger partial charge in [0.15, 0.2) is 0 Å². The zero-order chi connectivity index (χ0) is 13.0. The van der Waals surface area contributed by atoms with Crippen LogP contribution < -0.4 is 5.32 Å². The number of urea groups is 1. The summed E-state index contributed by atoms with van der Waals surface area (Å²) in [4.78, 5) is 24.0. The van der Waals surface area contributed by atoms with E-state index in [0.29, 0.717) is 12.8 Å². The summed E-state index contributed by atoms with van der Waals surface area (Å²) in [5.41, 5.74) is 0. The van der Waals surface area contributed by atoms with Gasteiger partial charge in [-0.15, -0.1) is 0 Å². The zero-order valence-corrected chi connectivity index (χ0v) is 10.2. The van der Waals surface area contributed by atoms with E-state index < -0.39 is 18.0 Å². The van der Waals surface area contributed by atoms with Crippen LogP contribution in [0, 0.1) is 5.92 Å². The molecule has 1 saturated carbocycles. The van der Waals surface area contributed by atoms with Gasteiger partial charge in [-0.3, -0.25) is 4.79 Å². The zero-order valence-electron chi connectivity index (χ0n) is 10.2. The molecule has 6 heteroatoms. The molecule has 1 rings (SSSR count). The Hall–Kier alpha value is -1.30. The molecule has 0 aliphatic heterocycles. The van der Waals surface area contributed by atoms with Crippen molar-refractivity contribution in [2.24, 2.45) is 5.92 Å². The van der Waals surface area contributed by atoms with E-state index in [0.717, 1.165) is 6.42 Å². The third-order valence-electron chi connectivity index (χ3n) is 3.03. The average molecular weight is 244 g/mol. The van der Waals surface area contributed by atoms with E-state index >= 15 is 0 Å². The normalized spacial score (nSPS) is 25.4. The first-order valence-corrected chi connectivity index (χ1v) is 5.84. The molecule has 2 amide bonds. The Bertz CT molecular complexity index is 293. The third kappa shape index (κ3) is 3.89. The van der Waals surface area contributed by atoms with Gasteiger partial charge in [0, 0.05) is 19.6 Å². The van der Waals surface area contributed by atoms with Crippen LogP contribution in [0.2, 0.25) is 0 Å². The van der Waals surface area contributed by atoms with Crippen LogP contribution in [0.3, 0.4) is 0 Å². The smallest absolute Gasteiger partial charge is 0.317 e. The number of carbonyl (C=O) groups is 2. The first-order chi connectivity index (χ1) is 7.91. The van der Waals surface area contributed by atoms with Gasteiger partial charge in [-0.1, -0.05) is 6.42 Å². The van der Waals surface area contributed by atoms with Gasteiger partial charge in [0.2, 0.25) is 0 Å². The van der Waals surface area contributed by atoms with E-state index in [1.165, 1.54) is 4.90 Å². The molecule has 0 spiro atoms. The summed E-state index contributed by atoms with van der Waals surface area (Å²) >= 11 is 0. The van der Waals surface area contributed by atoms with Crippen molar-refractivity contribution in [3.05, 3.63) is 0 Å². The Morgan fingerprint density at radius 3 is 2.65 bits per heavy atom. The molecule has 3 unspecified atom stereocenters. The van der Waals surface area contributed by atoms with Crippen molar-refractivity contribution in [1.29, 1.82) is 0 Å². The number of rotatable bonds is 4. The van der Waals surface area contributed by atoms with Crippen LogP contribution in [0.1, 0.15) is 26.2 Å². The van der Waals surface area contributed by atoms with Gasteiger partial charge in [-0.2, -0.15) is 0 Å². The van der Waals surface area contributed by atoms with Crippen molar-refractivity contribution >= 4 is 12.0 Å². The molecule has 1 aliphatic rings. The minimum Gasteiger partial charge on any atom is -0.481 e. The van der Waals surface area contributed by atoms with Crippen molar-refractivity contribution in [2.75, 3.05) is 13.6 Å². The first-order valence-electron chi connectivity index (χ1n) is 5.84. The fourth-order valence-corrected chi connectivity index (χ4v) is 2.18. The van der Waals surface area contributed by atoms with Gasteiger partial charge in [0.1, 0.15) is 0 Å². The number of hydrogen-bond donors (Lipinski definition) is 3. The maximum Gasteiger partial charge on any atom is 0.317 e. The summed E-state index contributed by atoms with van der Waals surface area (Å²) in [6.07, 6.45) is 1.54. The van der Waals surface area contributed by atoms with E-state index in [-0.39, 0.29) is 18.6 Å². The van der Waals surface area contributed by atoms with E-state index in [1.807, 2.05) is 0 Å². The minimum absolute atomic E-state index is 0.232. The van der Waals surface area contributed by atoms with Gasteiger partial charge in [0.05, 0.1) is 12.0 Å². The topological polar surface area (TPSA) is 89.9 Å². The molecule has 1 aliphatic carbocycles. The molecule has 0 saturated heterocycles. The number of carboxylic acid groups (broad SMARTS) is 1. The van der Waals surface area contributed by atoms with Crippen molar-refractivity contribution < 1.29 is 19.8 Å². The molecule has 0 aromatic heterocycles. The monoisotopic (exact) mass is 244 g/mol. The van der Waals surface area contributed by atoms with Crippen LogP contribution in [-0.2, 0) is 4.79 Å². The van der Waals surface area contributed by atoms with Crippen LogP contribution in [0.5, 0.6) is 0 Å². The molecule has 17 heavy (non-hydrogen) atoms. The molecule has 3 atom stereocenters. The van der Waals surface area contributed by atoms with Gasteiger partial charge in [-0.05, 0) is 19.8 Å². The van der Waals surface area contributed by atoms with Crippen molar-refractivity contribution in [3.63, 3.8) is 0 Å². The SMILES string of the molecule is CC(O)CN(C)C(=O)NC1CCCC1C(=O)O. The standard InChI is InChI=1S/C11H20N2O4/c1-7(14)6-13(2)11(17)12-9-5-3-4-8(9)10(15)16/h7-9,14H,3-6H2,1-2H3,(H,12,17)(H,15,16). The lowest BCUT2D eigenvalue weighted by atomic mass is 10.0. The predicted molar refractivity (Wildman–Crippen MR) is 61.6 cm³/mol. The Kier molecular flexibility index (Phi) is 4.74. The number of hydrogen-bond acceptors (Lipinski definition) is 3. The summed E-state index contributed by atoms with van der Waals surface area (Å²) in [6.45, 7) is 1.83. The second-order valence-electron chi connectivity index (χ2n) is 4.66. The summed E-state index contributed by atoms with van der Waals surface area (Å²) in [5, 5.41) is 20.8. The lowest BCUT2D eigenvalue weighted by Gasteiger charge is -2.24. The number of aliphatic hydroxyl groups is 1. The summed E-state index contributed by atoms with van der Waals surface area (Å²) < 4.78 is 0. The molecule has 98 valence electrons. The highest BCUT2D eigenvalue weighted by Crippen LogP contribution is 2.25. The van der Waals surface area contributed by atoms with Crippen LogP contribution in [0.15, 0.2) is 0 Å². The molecule has 3 N–H and O–H groups in total. The lowest BCUT2D eigenvalue weighted by molar-refractivity contribution is -0.142. The Balaban J connectivity index is 2.47. The van der Waals surface area contributed by atoms with Crippen LogP contribution in [0.4, 0.5) is 4.79 Å². The van der Waals surface area contributed by atoms with Crippen molar-refractivity contribution in [1.82, 2.24) is 10.2 Å². The van der Waals surface area contributed by atoms with Crippen molar-refractivity contribution in [2.45, 2.75) is 38.3 Å². The van der Waals surface area contributed by atoms with E-state index in [2.05, 4.69) is 5.32 Å². The number of amides is 2. The number of nitrogens with zero attached hydrogens (tertiary/aromatic N) is 1. The van der Waals surface area contributed by atoms with Gasteiger partial charge < -0.3 is 20.4 Å². The number of carbonyl (C=O) groups excluding carboxylic acids is 1. The second kappa shape index (κ2) is 5.86. The van der Waals surface area contributed by atoms with E-state index in [9.17, 15) is 9.59 Å². The maximum atomic E-state index is 11.7. The summed E-state index contributed by atoms with van der Waals surface area (Å²) in [6, 6.07) is -0.625. The number of likely N-dealkylation sites (N-methyl/N-ethyl adjacent to an activating group) is 1. The third-order valence-corrected chi connectivity index (χ3v) is 3.03. The van der Waals surface area contributed by atoms with Gasteiger partial charge in [-0.25, -0.2) is 4.79 Å². The minimum atomic E-state index is -0.856. The number of nitrogens with one attached hydrogen (secondary N) is 1. The number of carboxylic acids is 1. The quantitative estimate of drug-likeness (QED) is 0.661. The fourth-order valence-electron chi connectivity index (χ4n) is 2.18. The Morgan fingerprint density at radius 1 is 1.47 bits per heavy atom. The second-order valence-corrected chi connectivity index (χ2v) is 4.66. The average Bonchev–Trinajstić information content (AvgIpc) is 2.64. The van der Waals surface area contributed by atoms with Crippen LogP contribution >= 0.6 is 0 Å². The maximum absolute atomic E-state index is 11.7. The highest BCUT2D eigenvalue weighted by molar-refractivity contribution is 5.77. The summed E-state index contributed by atoms with van der Waals surface area (Å²) in [7, 11) is 1.58. The van der Waals surface area contributed by atoms with Crippen LogP contribution in [0.25, 0.3) is 0 Å². The van der Waals surface area contributed by atoms with Gasteiger partial charge in [0.25, 0.3) is 0 Å². The molecular formula is C11H20N2O4. The molecule has 0 heterocycles. The largest absolute Gasteiger partial charge is 0.481 e. The van der Waals surface area contributed by atoms with Crippen LogP contribution in [-0.4, -0.2) is 52.9 Å².